The van der Waals surface area contributed by atoms with Crippen LogP contribution >= 0.6 is 9.47 Å². The first-order valence-corrected chi connectivity index (χ1v) is 10.6. The molecule has 3 rings (SSSR count). The fourth-order valence-electron chi connectivity index (χ4n) is 3.35. The lowest BCUT2D eigenvalue weighted by molar-refractivity contribution is 0.279. The molecule has 3 aromatic rings. The fraction of sp³-hybridized carbons (Fsp3) is 0.348. The number of phenols is 1. The van der Waals surface area contributed by atoms with Crippen molar-refractivity contribution in [2.75, 3.05) is 20.8 Å². The van der Waals surface area contributed by atoms with Gasteiger partial charge in [-0.2, -0.15) is 0 Å². The van der Waals surface area contributed by atoms with Gasteiger partial charge in [-0.3, -0.25) is 4.79 Å². The normalized spacial score (nSPS) is 10.8. The van der Waals surface area contributed by atoms with Gasteiger partial charge < -0.3 is 28.3 Å². The summed E-state index contributed by atoms with van der Waals surface area (Å²) in [7, 11) is 5.09. The summed E-state index contributed by atoms with van der Waals surface area (Å²) in [5.74, 6) is 1.58. The van der Waals surface area contributed by atoms with Gasteiger partial charge in [0.15, 0.2) is 28.4 Å². The van der Waals surface area contributed by atoms with E-state index in [9.17, 15) is 9.90 Å². The molecule has 31 heavy (non-hydrogen) atoms. The second-order valence-electron chi connectivity index (χ2n) is 7.00. The summed E-state index contributed by atoms with van der Waals surface area (Å²) < 4.78 is 27.9. The molecule has 1 aromatic heterocycles. The van der Waals surface area contributed by atoms with Crippen LogP contribution in [0.5, 0.6) is 28.7 Å². The van der Waals surface area contributed by atoms with Gasteiger partial charge in [-0.05, 0) is 24.6 Å². The molecule has 0 saturated carbocycles. The number of hydrogen-bond donors (Lipinski definition) is 1. The molecule has 0 aliphatic rings. The third kappa shape index (κ3) is 4.88. The number of ether oxygens (including phenoxy) is 3. The number of fused-ring (bicyclic) bond motifs is 1. The van der Waals surface area contributed by atoms with E-state index in [4.69, 9.17) is 23.2 Å². The molecule has 0 aliphatic carbocycles. The smallest absolute Gasteiger partial charge is 0.204 e. The maximum atomic E-state index is 13.1. The van der Waals surface area contributed by atoms with Gasteiger partial charge in [0.1, 0.15) is 16.7 Å². The number of methoxy groups -OCH3 is 2. The lowest BCUT2D eigenvalue weighted by atomic mass is 10.1. The molecular weight excluding hydrogens is 419 g/mol. The summed E-state index contributed by atoms with van der Waals surface area (Å²) in [6.45, 7) is 2.59. The topological polar surface area (TPSA) is 87.4 Å². The Morgan fingerprint density at radius 2 is 1.81 bits per heavy atom. The van der Waals surface area contributed by atoms with Gasteiger partial charge in [0.25, 0.3) is 0 Å². The molecule has 0 bridgehead atoms. The SMILES string of the molecule is CCCCCCOc1c(OC)c(OC)cc2oc(-c3ccc(OP)c(O)c3)cc(=O)c12. The van der Waals surface area contributed by atoms with Crippen LogP contribution in [-0.2, 0) is 0 Å². The Hall–Kier alpha value is -2.92. The molecule has 0 fully saturated rings. The fourth-order valence-corrected chi connectivity index (χ4v) is 3.54. The Labute approximate surface area is 183 Å². The van der Waals surface area contributed by atoms with E-state index in [1.165, 1.54) is 26.4 Å². The molecular formula is C23H27O7P. The second-order valence-corrected chi connectivity index (χ2v) is 7.23. The third-order valence-corrected chi connectivity index (χ3v) is 5.19. The average Bonchev–Trinajstić information content (AvgIpc) is 2.77. The van der Waals surface area contributed by atoms with Crippen LogP contribution in [0.25, 0.3) is 22.3 Å². The van der Waals surface area contributed by atoms with Gasteiger partial charge in [-0.1, -0.05) is 26.2 Å². The highest BCUT2D eigenvalue weighted by Crippen LogP contribution is 2.43. The van der Waals surface area contributed by atoms with E-state index in [0.717, 1.165) is 25.7 Å². The van der Waals surface area contributed by atoms with E-state index in [-0.39, 0.29) is 16.6 Å². The van der Waals surface area contributed by atoms with Crippen molar-refractivity contribution in [2.45, 2.75) is 32.6 Å². The van der Waals surface area contributed by atoms with Crippen molar-refractivity contribution in [2.24, 2.45) is 0 Å². The van der Waals surface area contributed by atoms with Crippen molar-refractivity contribution in [1.29, 1.82) is 0 Å². The summed E-state index contributed by atoms with van der Waals surface area (Å²) in [5, 5.41) is 10.4. The van der Waals surface area contributed by atoms with Crippen LogP contribution in [0.4, 0.5) is 0 Å². The van der Waals surface area contributed by atoms with E-state index < -0.39 is 0 Å². The molecule has 1 unspecified atom stereocenters. The summed E-state index contributed by atoms with van der Waals surface area (Å²) in [6, 6.07) is 7.71. The zero-order valence-corrected chi connectivity index (χ0v) is 19.1. The summed E-state index contributed by atoms with van der Waals surface area (Å²) in [5.41, 5.74) is 0.542. The molecule has 1 N–H and O–H groups in total. The van der Waals surface area contributed by atoms with Crippen LogP contribution in [0.3, 0.4) is 0 Å². The summed E-state index contributed by atoms with van der Waals surface area (Å²) >= 11 is 0. The largest absolute Gasteiger partial charge is 0.504 e. The van der Waals surface area contributed by atoms with Gasteiger partial charge in [-0.25, -0.2) is 0 Å². The van der Waals surface area contributed by atoms with E-state index >= 15 is 0 Å². The van der Waals surface area contributed by atoms with E-state index in [0.29, 0.717) is 46.5 Å². The lowest BCUT2D eigenvalue weighted by Crippen LogP contribution is -2.08. The van der Waals surface area contributed by atoms with Crippen LogP contribution in [0, 0.1) is 0 Å². The Bertz CT molecular complexity index is 1110. The van der Waals surface area contributed by atoms with Crippen molar-refractivity contribution in [3.63, 3.8) is 0 Å². The molecule has 1 atom stereocenters. The summed E-state index contributed by atoms with van der Waals surface area (Å²) in [6.07, 6.45) is 4.15. The van der Waals surface area contributed by atoms with Gasteiger partial charge >= 0.3 is 0 Å². The number of rotatable bonds is 10. The quantitative estimate of drug-likeness (QED) is 0.334. The molecule has 0 radical (unpaired) electrons. The van der Waals surface area contributed by atoms with Gasteiger partial charge in [-0.15, -0.1) is 0 Å². The Balaban J connectivity index is 2.10. The monoisotopic (exact) mass is 446 g/mol. The zero-order valence-electron chi connectivity index (χ0n) is 17.9. The maximum absolute atomic E-state index is 13.1. The first-order chi connectivity index (χ1) is 15.0. The molecule has 0 amide bonds. The van der Waals surface area contributed by atoms with Gasteiger partial charge in [0, 0.05) is 17.7 Å². The van der Waals surface area contributed by atoms with Crippen molar-refractivity contribution in [1.82, 2.24) is 0 Å². The standard InChI is InChI=1S/C23H27O7P/c1-4-5-6-7-10-28-23-21-16(25)12-18(14-8-9-17(30-31)15(24)11-14)29-19(21)13-20(26-2)22(23)27-3/h8-9,11-13,24H,4-7,10,31H2,1-3H3. The van der Waals surface area contributed by atoms with Gasteiger partial charge in [0.2, 0.25) is 5.75 Å². The molecule has 0 aliphatic heterocycles. The number of benzene rings is 2. The highest BCUT2D eigenvalue weighted by molar-refractivity contribution is 7.10. The molecule has 8 heteroatoms. The van der Waals surface area contributed by atoms with Gasteiger partial charge in [0.05, 0.1) is 30.3 Å². The summed E-state index contributed by atoms with van der Waals surface area (Å²) in [4.78, 5) is 13.1. The van der Waals surface area contributed by atoms with Crippen molar-refractivity contribution >= 4 is 20.4 Å². The van der Waals surface area contributed by atoms with E-state index in [2.05, 4.69) is 16.4 Å². The Morgan fingerprint density at radius 3 is 2.45 bits per heavy atom. The predicted octanol–water partition coefficient (Wildman–Crippen LogP) is 5.31. The first kappa shape index (κ1) is 22.8. The molecule has 0 spiro atoms. The molecule has 2 aromatic carbocycles. The van der Waals surface area contributed by atoms with Crippen LogP contribution in [0.2, 0.25) is 0 Å². The van der Waals surface area contributed by atoms with Crippen molar-refractivity contribution in [3.8, 4) is 40.1 Å². The molecule has 1 heterocycles. The van der Waals surface area contributed by atoms with Crippen molar-refractivity contribution in [3.05, 3.63) is 40.6 Å². The van der Waals surface area contributed by atoms with Crippen LogP contribution in [0.1, 0.15) is 32.6 Å². The second kappa shape index (κ2) is 10.4. The first-order valence-electron chi connectivity index (χ1n) is 10.1. The van der Waals surface area contributed by atoms with E-state index in [1.54, 1.807) is 18.2 Å². The van der Waals surface area contributed by atoms with Crippen LogP contribution in [0.15, 0.2) is 39.5 Å². The minimum atomic E-state index is -0.286. The molecule has 0 saturated heterocycles. The van der Waals surface area contributed by atoms with Crippen LogP contribution in [-0.4, -0.2) is 25.9 Å². The zero-order chi connectivity index (χ0) is 22.4. The molecule has 166 valence electrons. The minimum Gasteiger partial charge on any atom is -0.504 e. The number of phenolic OH excluding ortho intramolecular Hbond substituents is 1. The number of aromatic hydroxyl groups is 1. The Kier molecular flexibility index (Phi) is 7.64. The minimum absolute atomic E-state index is 0.0707. The lowest BCUT2D eigenvalue weighted by Gasteiger charge is -2.16. The number of unbranched alkanes of at least 4 members (excludes halogenated alkanes) is 3. The van der Waals surface area contributed by atoms with Crippen molar-refractivity contribution < 1.29 is 28.3 Å². The van der Waals surface area contributed by atoms with Crippen LogP contribution < -0.4 is 24.2 Å². The average molecular weight is 446 g/mol. The number of hydrogen-bond acceptors (Lipinski definition) is 7. The predicted molar refractivity (Wildman–Crippen MR) is 123 cm³/mol. The third-order valence-electron chi connectivity index (χ3n) is 4.93. The molecule has 7 nitrogen and oxygen atoms in total. The van der Waals surface area contributed by atoms with E-state index in [1.807, 2.05) is 0 Å². The highest BCUT2D eigenvalue weighted by atomic mass is 31.0. The highest BCUT2D eigenvalue weighted by Gasteiger charge is 2.21. The Morgan fingerprint density at radius 1 is 1.00 bits per heavy atom. The maximum Gasteiger partial charge on any atom is 0.204 e.